The lowest BCUT2D eigenvalue weighted by Gasteiger charge is -2.43. The summed E-state index contributed by atoms with van der Waals surface area (Å²) in [6.45, 7) is 4.37. The molecule has 0 amide bonds. The Balaban J connectivity index is 0.000001000. The van der Waals surface area contributed by atoms with Crippen molar-refractivity contribution in [1.82, 2.24) is 10.2 Å². The Morgan fingerprint density at radius 1 is 1.05 bits per heavy atom. The summed E-state index contributed by atoms with van der Waals surface area (Å²) in [5.41, 5.74) is 1.29. The molecule has 1 aromatic carbocycles. The van der Waals surface area contributed by atoms with E-state index in [9.17, 15) is 4.39 Å². The molecule has 1 atom stereocenters. The van der Waals surface area contributed by atoms with Gasteiger partial charge in [-0.05, 0) is 36.5 Å². The lowest BCUT2D eigenvalue weighted by molar-refractivity contribution is 0.0837. The van der Waals surface area contributed by atoms with Crippen molar-refractivity contribution in [3.63, 3.8) is 0 Å². The maximum atomic E-state index is 13.1. The second kappa shape index (κ2) is 8.18. The number of halogens is 3. The summed E-state index contributed by atoms with van der Waals surface area (Å²) >= 11 is 0. The molecule has 1 aliphatic heterocycles. The van der Waals surface area contributed by atoms with Crippen molar-refractivity contribution in [2.45, 2.75) is 25.3 Å². The molecule has 1 saturated carbocycles. The minimum absolute atomic E-state index is 0. The molecule has 1 aliphatic carbocycles. The normalized spacial score (nSPS) is 21.2. The monoisotopic (exact) mass is 320 g/mol. The third kappa shape index (κ3) is 3.85. The first kappa shape index (κ1) is 17.7. The smallest absolute Gasteiger partial charge is 0.123 e. The molecule has 0 unspecified atom stereocenters. The Labute approximate surface area is 132 Å². The molecule has 0 aromatic heterocycles. The standard InChI is InChI=1S/C15H21FN2.2ClH/c16-14-6-4-13(5-7-14)15(12-2-1-3-12)18-10-8-17-9-11-18;;/h4-7,12,15,17H,1-3,8-11H2;2*1H/t15-;;/m1../s1. The molecule has 0 radical (unpaired) electrons. The van der Waals surface area contributed by atoms with E-state index in [0.717, 1.165) is 32.1 Å². The van der Waals surface area contributed by atoms with Gasteiger partial charge in [0.15, 0.2) is 0 Å². The fourth-order valence-corrected chi connectivity index (χ4v) is 3.16. The lowest BCUT2D eigenvalue weighted by atomic mass is 9.76. The number of nitrogens with zero attached hydrogens (tertiary/aromatic N) is 1. The van der Waals surface area contributed by atoms with Crippen molar-refractivity contribution in [2.24, 2.45) is 5.92 Å². The van der Waals surface area contributed by atoms with Crippen LogP contribution in [0.25, 0.3) is 0 Å². The number of benzene rings is 1. The van der Waals surface area contributed by atoms with Gasteiger partial charge in [0, 0.05) is 32.2 Å². The quantitative estimate of drug-likeness (QED) is 0.918. The van der Waals surface area contributed by atoms with Crippen molar-refractivity contribution in [3.05, 3.63) is 35.6 Å². The topological polar surface area (TPSA) is 15.3 Å². The van der Waals surface area contributed by atoms with Crippen LogP contribution in [0.3, 0.4) is 0 Å². The predicted octanol–water partition coefficient (Wildman–Crippen LogP) is 3.42. The number of rotatable bonds is 3. The second-order valence-electron chi connectivity index (χ2n) is 5.47. The Kier molecular flexibility index (Phi) is 7.24. The van der Waals surface area contributed by atoms with E-state index in [1.807, 2.05) is 12.1 Å². The molecule has 5 heteroatoms. The maximum Gasteiger partial charge on any atom is 0.123 e. The molecule has 20 heavy (non-hydrogen) atoms. The van der Waals surface area contributed by atoms with E-state index >= 15 is 0 Å². The summed E-state index contributed by atoms with van der Waals surface area (Å²) in [7, 11) is 0. The van der Waals surface area contributed by atoms with Crippen LogP contribution in [0.1, 0.15) is 30.9 Å². The van der Waals surface area contributed by atoms with Gasteiger partial charge < -0.3 is 5.32 Å². The van der Waals surface area contributed by atoms with E-state index in [4.69, 9.17) is 0 Å². The SMILES string of the molecule is Cl.Cl.Fc1ccc([C@@H](C2CCC2)N2CCNCC2)cc1. The van der Waals surface area contributed by atoms with Gasteiger partial charge in [-0.1, -0.05) is 18.6 Å². The molecule has 114 valence electrons. The van der Waals surface area contributed by atoms with Gasteiger partial charge in [0.25, 0.3) is 0 Å². The zero-order valence-electron chi connectivity index (χ0n) is 11.6. The van der Waals surface area contributed by atoms with Gasteiger partial charge in [-0.2, -0.15) is 0 Å². The number of nitrogens with one attached hydrogen (secondary N) is 1. The summed E-state index contributed by atoms with van der Waals surface area (Å²) in [5.74, 6) is 0.639. The Hall–Kier alpha value is -0.350. The molecule has 1 aromatic rings. The van der Waals surface area contributed by atoms with Gasteiger partial charge in [0.05, 0.1) is 0 Å². The van der Waals surface area contributed by atoms with Gasteiger partial charge in [-0.15, -0.1) is 24.8 Å². The van der Waals surface area contributed by atoms with Crippen molar-refractivity contribution in [2.75, 3.05) is 26.2 Å². The van der Waals surface area contributed by atoms with Crippen LogP contribution in [0.4, 0.5) is 4.39 Å². The van der Waals surface area contributed by atoms with E-state index < -0.39 is 0 Å². The van der Waals surface area contributed by atoms with Gasteiger partial charge in [-0.3, -0.25) is 4.90 Å². The summed E-state index contributed by atoms with van der Waals surface area (Å²) < 4.78 is 13.1. The molecule has 1 N–H and O–H groups in total. The molecular formula is C15H23Cl2FN2. The molecule has 3 rings (SSSR count). The Bertz CT molecular complexity index is 389. The number of hydrogen-bond donors (Lipinski definition) is 1. The van der Waals surface area contributed by atoms with Gasteiger partial charge in [-0.25, -0.2) is 4.39 Å². The summed E-state index contributed by atoms with van der Waals surface area (Å²) in [4.78, 5) is 2.58. The van der Waals surface area contributed by atoms with E-state index in [1.165, 1.54) is 24.8 Å². The van der Waals surface area contributed by atoms with Crippen molar-refractivity contribution in [3.8, 4) is 0 Å². The van der Waals surface area contributed by atoms with Crippen LogP contribution in [0.15, 0.2) is 24.3 Å². The molecule has 0 bridgehead atoms. The molecule has 1 heterocycles. The lowest BCUT2D eigenvalue weighted by Crippen LogP contribution is -2.47. The van der Waals surface area contributed by atoms with Gasteiger partial charge in [0.1, 0.15) is 5.82 Å². The van der Waals surface area contributed by atoms with Crippen LogP contribution in [0, 0.1) is 11.7 Å². The van der Waals surface area contributed by atoms with Crippen molar-refractivity contribution >= 4 is 24.8 Å². The molecule has 2 fully saturated rings. The van der Waals surface area contributed by atoms with E-state index in [-0.39, 0.29) is 30.6 Å². The first-order valence-electron chi connectivity index (χ1n) is 7.05. The van der Waals surface area contributed by atoms with Gasteiger partial charge in [0.2, 0.25) is 0 Å². The summed E-state index contributed by atoms with van der Waals surface area (Å²) in [5, 5.41) is 3.40. The molecule has 0 spiro atoms. The highest BCUT2D eigenvalue weighted by atomic mass is 35.5. The first-order valence-corrected chi connectivity index (χ1v) is 7.05. The third-order valence-electron chi connectivity index (χ3n) is 4.35. The molecule has 2 aliphatic rings. The van der Waals surface area contributed by atoms with Crippen LogP contribution in [-0.2, 0) is 0 Å². The molecular weight excluding hydrogens is 298 g/mol. The predicted molar refractivity (Wildman–Crippen MR) is 85.4 cm³/mol. The minimum atomic E-state index is -0.133. The fraction of sp³-hybridized carbons (Fsp3) is 0.600. The van der Waals surface area contributed by atoms with E-state index in [0.29, 0.717) is 6.04 Å². The van der Waals surface area contributed by atoms with Crippen LogP contribution in [0.5, 0.6) is 0 Å². The number of hydrogen-bond acceptors (Lipinski definition) is 2. The molecule has 2 nitrogen and oxygen atoms in total. The largest absolute Gasteiger partial charge is 0.314 e. The summed E-state index contributed by atoms with van der Waals surface area (Å²) in [6.07, 6.45) is 4.01. The highest BCUT2D eigenvalue weighted by molar-refractivity contribution is 5.85. The second-order valence-corrected chi connectivity index (χ2v) is 5.47. The zero-order chi connectivity index (χ0) is 12.4. The fourth-order valence-electron chi connectivity index (χ4n) is 3.16. The van der Waals surface area contributed by atoms with E-state index in [2.05, 4.69) is 10.2 Å². The van der Waals surface area contributed by atoms with Crippen molar-refractivity contribution in [1.29, 1.82) is 0 Å². The molecule has 1 saturated heterocycles. The average molecular weight is 321 g/mol. The van der Waals surface area contributed by atoms with Crippen LogP contribution < -0.4 is 5.32 Å². The van der Waals surface area contributed by atoms with E-state index in [1.54, 1.807) is 12.1 Å². The number of piperazine rings is 1. The van der Waals surface area contributed by atoms with Gasteiger partial charge >= 0.3 is 0 Å². The van der Waals surface area contributed by atoms with Crippen LogP contribution in [-0.4, -0.2) is 31.1 Å². The van der Waals surface area contributed by atoms with Crippen molar-refractivity contribution < 1.29 is 4.39 Å². The van der Waals surface area contributed by atoms with Crippen LogP contribution >= 0.6 is 24.8 Å². The van der Waals surface area contributed by atoms with Crippen LogP contribution in [0.2, 0.25) is 0 Å². The first-order chi connectivity index (χ1) is 8.84. The Morgan fingerprint density at radius 3 is 2.15 bits per heavy atom. The Morgan fingerprint density at radius 2 is 1.65 bits per heavy atom. The summed E-state index contributed by atoms with van der Waals surface area (Å²) in [6, 6.07) is 7.65. The average Bonchev–Trinajstić information content (AvgIpc) is 2.36. The minimum Gasteiger partial charge on any atom is -0.314 e. The zero-order valence-corrected chi connectivity index (χ0v) is 13.2. The highest BCUT2D eigenvalue weighted by Crippen LogP contribution is 2.41. The third-order valence-corrected chi connectivity index (χ3v) is 4.35. The highest BCUT2D eigenvalue weighted by Gasteiger charge is 2.33. The maximum absolute atomic E-state index is 13.1.